The molecule has 0 fully saturated rings. The highest BCUT2D eigenvalue weighted by atomic mass is 32.1. The van der Waals surface area contributed by atoms with E-state index in [1.807, 2.05) is 57.3 Å². The minimum atomic E-state index is -0.185. The Hall–Kier alpha value is -3.52. The van der Waals surface area contributed by atoms with Crippen molar-refractivity contribution in [1.82, 2.24) is 24.1 Å². The molecule has 7 nitrogen and oxygen atoms in total. The monoisotopic (exact) mass is 404 g/mol. The van der Waals surface area contributed by atoms with Gasteiger partial charge in [0, 0.05) is 43.3 Å². The average Bonchev–Trinajstić information content (AvgIpc) is 3.48. The molecular formula is C21H20N6OS. The van der Waals surface area contributed by atoms with Crippen molar-refractivity contribution in [2.24, 2.45) is 0 Å². The van der Waals surface area contributed by atoms with Crippen LogP contribution in [0.5, 0.6) is 0 Å². The lowest BCUT2D eigenvalue weighted by atomic mass is 10.2. The normalized spacial score (nSPS) is 11.2. The maximum atomic E-state index is 12.7. The van der Waals surface area contributed by atoms with Gasteiger partial charge in [0.05, 0.1) is 17.7 Å². The number of amides is 1. The Morgan fingerprint density at radius 3 is 2.83 bits per heavy atom. The summed E-state index contributed by atoms with van der Waals surface area (Å²) in [6.45, 7) is 3.56. The van der Waals surface area contributed by atoms with Gasteiger partial charge in [-0.05, 0) is 48.9 Å². The second kappa shape index (κ2) is 8.66. The van der Waals surface area contributed by atoms with Crippen molar-refractivity contribution in [1.29, 1.82) is 0 Å². The zero-order valence-electron chi connectivity index (χ0n) is 15.9. The molecule has 8 heteroatoms. The second-order valence-corrected chi connectivity index (χ2v) is 7.23. The smallest absolute Gasteiger partial charge is 0.274 e. The summed E-state index contributed by atoms with van der Waals surface area (Å²) in [6, 6.07) is 7.53. The lowest BCUT2D eigenvalue weighted by Gasteiger charge is -2.08. The number of pyridine rings is 1. The molecule has 0 radical (unpaired) electrons. The highest BCUT2D eigenvalue weighted by Gasteiger charge is 2.13. The summed E-state index contributed by atoms with van der Waals surface area (Å²) in [5.41, 5.74) is 3.32. The van der Waals surface area contributed by atoms with Crippen molar-refractivity contribution in [3.63, 3.8) is 0 Å². The Labute approximate surface area is 172 Å². The summed E-state index contributed by atoms with van der Waals surface area (Å²) in [4.78, 5) is 25.5. The van der Waals surface area contributed by atoms with E-state index in [1.165, 1.54) is 11.3 Å². The van der Waals surface area contributed by atoms with Crippen molar-refractivity contribution in [3.8, 4) is 0 Å². The van der Waals surface area contributed by atoms with Gasteiger partial charge in [0.1, 0.15) is 5.69 Å². The van der Waals surface area contributed by atoms with Crippen LogP contribution in [0, 0.1) is 0 Å². The number of imidazole rings is 1. The summed E-state index contributed by atoms with van der Waals surface area (Å²) in [7, 11) is 0. The molecule has 0 aliphatic rings. The summed E-state index contributed by atoms with van der Waals surface area (Å²) in [6.07, 6.45) is 13.0. The number of thiazole rings is 1. The van der Waals surface area contributed by atoms with E-state index in [9.17, 15) is 4.79 Å². The van der Waals surface area contributed by atoms with Crippen LogP contribution < -0.4 is 5.32 Å². The molecular weight excluding hydrogens is 384 g/mol. The van der Waals surface area contributed by atoms with E-state index < -0.39 is 0 Å². The Morgan fingerprint density at radius 2 is 2.03 bits per heavy atom. The zero-order valence-corrected chi connectivity index (χ0v) is 16.7. The Bertz CT molecular complexity index is 1120. The number of hydrogen-bond acceptors (Lipinski definition) is 5. The Morgan fingerprint density at radius 1 is 1.21 bits per heavy atom. The molecule has 4 heterocycles. The standard InChI is InChI=1S/C21H20N6OS/c1-2-26-13-17(23-15-26)5-6-18-14-29-21(24-18)25-20(28)19-4-3-11-27(19)12-16-7-9-22-10-8-16/h3-11,13-15H,2,12H2,1H3,(H,24,25,28)/b6-5+. The third kappa shape index (κ3) is 4.67. The molecule has 4 aromatic heterocycles. The molecule has 0 aliphatic heterocycles. The fourth-order valence-corrected chi connectivity index (χ4v) is 3.50. The van der Waals surface area contributed by atoms with Crippen LogP contribution in [0.15, 0.2) is 60.8 Å². The summed E-state index contributed by atoms with van der Waals surface area (Å²) in [5.74, 6) is -0.185. The number of carbonyl (C=O) groups is 1. The molecule has 0 aliphatic carbocycles. The molecule has 29 heavy (non-hydrogen) atoms. The van der Waals surface area contributed by atoms with Crippen molar-refractivity contribution < 1.29 is 4.79 Å². The highest BCUT2D eigenvalue weighted by molar-refractivity contribution is 7.14. The van der Waals surface area contributed by atoms with Crippen LogP contribution in [0.25, 0.3) is 12.2 Å². The lowest BCUT2D eigenvalue weighted by molar-refractivity contribution is 0.101. The third-order valence-corrected chi connectivity index (χ3v) is 5.13. The Kier molecular flexibility index (Phi) is 5.62. The lowest BCUT2D eigenvalue weighted by Crippen LogP contribution is -2.17. The predicted molar refractivity (Wildman–Crippen MR) is 115 cm³/mol. The van der Waals surface area contributed by atoms with E-state index in [4.69, 9.17) is 0 Å². The number of hydrogen-bond donors (Lipinski definition) is 1. The van der Waals surface area contributed by atoms with E-state index in [0.717, 1.165) is 23.5 Å². The molecule has 0 aromatic carbocycles. The topological polar surface area (TPSA) is 77.6 Å². The summed E-state index contributed by atoms with van der Waals surface area (Å²) in [5, 5.41) is 5.35. The van der Waals surface area contributed by atoms with Crippen molar-refractivity contribution in [3.05, 3.63) is 83.4 Å². The van der Waals surface area contributed by atoms with Crippen LogP contribution in [0.3, 0.4) is 0 Å². The first-order chi connectivity index (χ1) is 14.2. The van der Waals surface area contributed by atoms with Gasteiger partial charge in [-0.3, -0.25) is 15.1 Å². The van der Waals surface area contributed by atoms with Gasteiger partial charge in [0.15, 0.2) is 5.13 Å². The number of nitrogens with one attached hydrogen (secondary N) is 1. The van der Waals surface area contributed by atoms with Gasteiger partial charge >= 0.3 is 0 Å². The molecule has 146 valence electrons. The predicted octanol–water partition coefficient (Wildman–Crippen LogP) is 4.03. The van der Waals surface area contributed by atoms with Crippen LogP contribution in [0.1, 0.15) is 34.4 Å². The van der Waals surface area contributed by atoms with E-state index >= 15 is 0 Å². The van der Waals surface area contributed by atoms with Crippen molar-refractivity contribution >= 4 is 34.5 Å². The molecule has 4 rings (SSSR count). The van der Waals surface area contributed by atoms with E-state index in [-0.39, 0.29) is 5.91 Å². The summed E-state index contributed by atoms with van der Waals surface area (Å²) >= 11 is 1.39. The minimum Gasteiger partial charge on any atom is -0.339 e. The molecule has 1 N–H and O–H groups in total. The maximum Gasteiger partial charge on any atom is 0.274 e. The van der Waals surface area contributed by atoms with E-state index in [0.29, 0.717) is 17.4 Å². The van der Waals surface area contributed by atoms with Gasteiger partial charge in [-0.25, -0.2) is 9.97 Å². The van der Waals surface area contributed by atoms with Crippen LogP contribution in [-0.4, -0.2) is 30.0 Å². The van der Waals surface area contributed by atoms with Crippen molar-refractivity contribution in [2.45, 2.75) is 20.0 Å². The average molecular weight is 404 g/mol. The molecule has 0 saturated carbocycles. The third-order valence-electron chi connectivity index (χ3n) is 4.35. The number of anilines is 1. The number of nitrogens with zero attached hydrogens (tertiary/aromatic N) is 5. The van der Waals surface area contributed by atoms with Gasteiger partial charge in [0.2, 0.25) is 0 Å². The van der Waals surface area contributed by atoms with Crippen LogP contribution in [-0.2, 0) is 13.1 Å². The molecule has 1 amide bonds. The minimum absolute atomic E-state index is 0.185. The van der Waals surface area contributed by atoms with Crippen LogP contribution in [0.2, 0.25) is 0 Å². The van der Waals surface area contributed by atoms with Gasteiger partial charge < -0.3 is 9.13 Å². The molecule has 0 atom stereocenters. The SMILES string of the molecule is CCn1cnc(/C=C/c2csc(NC(=O)c3cccn3Cc3ccncc3)n2)c1. The van der Waals surface area contributed by atoms with Gasteiger partial charge in [0.25, 0.3) is 5.91 Å². The summed E-state index contributed by atoms with van der Waals surface area (Å²) < 4.78 is 3.91. The van der Waals surface area contributed by atoms with E-state index in [1.54, 1.807) is 24.8 Å². The number of carbonyl (C=O) groups excluding carboxylic acids is 1. The largest absolute Gasteiger partial charge is 0.339 e. The molecule has 0 saturated heterocycles. The van der Waals surface area contributed by atoms with Crippen LogP contribution >= 0.6 is 11.3 Å². The first-order valence-electron chi connectivity index (χ1n) is 9.22. The number of rotatable bonds is 7. The second-order valence-electron chi connectivity index (χ2n) is 6.37. The van der Waals surface area contributed by atoms with Gasteiger partial charge in [-0.2, -0.15) is 0 Å². The molecule has 4 aromatic rings. The quantitative estimate of drug-likeness (QED) is 0.505. The first-order valence-corrected chi connectivity index (χ1v) is 10.1. The maximum absolute atomic E-state index is 12.7. The van der Waals surface area contributed by atoms with Gasteiger partial charge in [-0.1, -0.05) is 0 Å². The zero-order chi connectivity index (χ0) is 20.1. The van der Waals surface area contributed by atoms with E-state index in [2.05, 4.69) is 27.2 Å². The fourth-order valence-electron chi connectivity index (χ4n) is 2.83. The first kappa shape index (κ1) is 18.8. The number of aryl methyl sites for hydroxylation is 1. The van der Waals surface area contributed by atoms with Gasteiger partial charge in [-0.15, -0.1) is 11.3 Å². The molecule has 0 unspecified atom stereocenters. The van der Waals surface area contributed by atoms with Crippen molar-refractivity contribution in [2.75, 3.05) is 5.32 Å². The molecule has 0 bridgehead atoms. The molecule has 0 spiro atoms. The number of aromatic nitrogens is 5. The fraction of sp³-hybridized carbons (Fsp3) is 0.143. The highest BCUT2D eigenvalue weighted by Crippen LogP contribution is 2.19. The van der Waals surface area contributed by atoms with Crippen LogP contribution in [0.4, 0.5) is 5.13 Å². The Balaban J connectivity index is 1.41.